The summed E-state index contributed by atoms with van der Waals surface area (Å²) < 4.78 is 2.08. The van der Waals surface area contributed by atoms with Crippen LogP contribution in [-0.2, 0) is 5.54 Å². The number of fused-ring (bicyclic) bond motifs is 1. The molecular formula is C16H18N4. The summed E-state index contributed by atoms with van der Waals surface area (Å²) in [5, 5.41) is 4.44. The van der Waals surface area contributed by atoms with Crippen LogP contribution in [0, 0.1) is 0 Å². The molecule has 2 aromatic heterocycles. The van der Waals surface area contributed by atoms with E-state index in [1.165, 1.54) is 0 Å². The second-order valence-electron chi connectivity index (χ2n) is 5.41. The first-order valence-corrected chi connectivity index (χ1v) is 6.69. The Labute approximate surface area is 118 Å². The molecular weight excluding hydrogens is 248 g/mol. The molecule has 0 unspecified atom stereocenters. The zero-order valence-corrected chi connectivity index (χ0v) is 12.0. The highest BCUT2D eigenvalue weighted by Gasteiger charge is 2.22. The fourth-order valence-corrected chi connectivity index (χ4v) is 2.28. The van der Waals surface area contributed by atoms with Crippen molar-refractivity contribution in [2.45, 2.75) is 19.4 Å². The number of benzene rings is 1. The molecule has 3 rings (SSSR count). The van der Waals surface area contributed by atoms with Crippen molar-refractivity contribution in [3.63, 3.8) is 0 Å². The predicted molar refractivity (Wildman–Crippen MR) is 81.0 cm³/mol. The lowest BCUT2D eigenvalue weighted by Crippen LogP contribution is -2.35. The minimum absolute atomic E-state index is 0.151. The molecule has 0 bridgehead atoms. The van der Waals surface area contributed by atoms with Crippen LogP contribution in [0.4, 0.5) is 0 Å². The van der Waals surface area contributed by atoms with Crippen molar-refractivity contribution in [2.24, 2.45) is 0 Å². The van der Waals surface area contributed by atoms with E-state index in [1.54, 1.807) is 0 Å². The van der Waals surface area contributed by atoms with Gasteiger partial charge in [0.2, 0.25) is 0 Å². The Kier molecular flexibility index (Phi) is 3.03. The van der Waals surface area contributed by atoms with Crippen molar-refractivity contribution in [3.05, 3.63) is 54.7 Å². The van der Waals surface area contributed by atoms with Crippen LogP contribution in [0.5, 0.6) is 0 Å². The van der Waals surface area contributed by atoms with E-state index >= 15 is 0 Å². The molecule has 0 spiro atoms. The maximum Gasteiger partial charge on any atom is 0.0995 e. The lowest BCUT2D eigenvalue weighted by atomic mass is 10.0. The molecule has 1 aromatic carbocycles. The second-order valence-corrected chi connectivity index (χ2v) is 5.41. The first kappa shape index (κ1) is 12.8. The van der Waals surface area contributed by atoms with Gasteiger partial charge >= 0.3 is 0 Å². The number of para-hydroxylation sites is 1. The third-order valence-corrected chi connectivity index (χ3v) is 3.76. The van der Waals surface area contributed by atoms with Gasteiger partial charge in [-0.15, -0.1) is 0 Å². The molecule has 102 valence electrons. The summed E-state index contributed by atoms with van der Waals surface area (Å²) >= 11 is 0. The summed E-state index contributed by atoms with van der Waals surface area (Å²) in [6.07, 6.45) is 5.62. The van der Waals surface area contributed by atoms with Crippen LogP contribution in [-0.4, -0.2) is 21.6 Å². The Morgan fingerprint density at radius 3 is 2.75 bits per heavy atom. The summed E-state index contributed by atoms with van der Waals surface area (Å²) in [7, 11) is 1.95. The van der Waals surface area contributed by atoms with Crippen LogP contribution in [0.3, 0.4) is 0 Å². The van der Waals surface area contributed by atoms with Gasteiger partial charge in [0.1, 0.15) is 0 Å². The Hall–Kier alpha value is -2.20. The molecule has 1 N–H and O–H groups in total. The number of nitrogens with zero attached hydrogens (tertiary/aromatic N) is 3. The van der Waals surface area contributed by atoms with Gasteiger partial charge in [-0.25, -0.2) is 4.98 Å². The van der Waals surface area contributed by atoms with Crippen molar-refractivity contribution in [1.82, 2.24) is 19.9 Å². The standard InChI is InChI=1S/C16H18N4/c1-16(2,17-3)15-10-18-11-20(15)13-8-12-6-4-5-7-14(12)19-9-13/h4-11,17H,1-3H3. The molecule has 0 atom stereocenters. The molecule has 0 saturated carbocycles. The van der Waals surface area contributed by atoms with Crippen LogP contribution < -0.4 is 5.32 Å². The lowest BCUT2D eigenvalue weighted by molar-refractivity contribution is 0.424. The van der Waals surface area contributed by atoms with Gasteiger partial charge in [0.15, 0.2) is 0 Å². The fourth-order valence-electron chi connectivity index (χ4n) is 2.28. The summed E-state index contributed by atoms with van der Waals surface area (Å²) in [4.78, 5) is 8.81. The van der Waals surface area contributed by atoms with Gasteiger partial charge in [0.25, 0.3) is 0 Å². The van der Waals surface area contributed by atoms with Gasteiger partial charge in [0.05, 0.1) is 41.2 Å². The number of imidazole rings is 1. The van der Waals surface area contributed by atoms with E-state index in [4.69, 9.17) is 0 Å². The van der Waals surface area contributed by atoms with Crippen LogP contribution in [0.25, 0.3) is 16.6 Å². The molecule has 0 aliphatic carbocycles. The zero-order chi connectivity index (χ0) is 14.2. The van der Waals surface area contributed by atoms with Crippen LogP contribution in [0.15, 0.2) is 49.1 Å². The third kappa shape index (κ3) is 2.08. The molecule has 0 radical (unpaired) electrons. The monoisotopic (exact) mass is 266 g/mol. The minimum Gasteiger partial charge on any atom is -0.310 e. The molecule has 0 saturated heterocycles. The zero-order valence-electron chi connectivity index (χ0n) is 12.0. The quantitative estimate of drug-likeness (QED) is 0.792. The van der Waals surface area contributed by atoms with Crippen LogP contribution in [0.1, 0.15) is 19.5 Å². The average molecular weight is 266 g/mol. The smallest absolute Gasteiger partial charge is 0.0995 e. The fraction of sp³-hybridized carbons (Fsp3) is 0.250. The van der Waals surface area contributed by atoms with Crippen molar-refractivity contribution in [2.75, 3.05) is 7.05 Å². The van der Waals surface area contributed by atoms with Gasteiger partial charge in [0, 0.05) is 5.39 Å². The topological polar surface area (TPSA) is 42.7 Å². The Morgan fingerprint density at radius 2 is 1.95 bits per heavy atom. The first-order chi connectivity index (χ1) is 9.62. The summed E-state index contributed by atoms with van der Waals surface area (Å²) in [6.45, 7) is 4.27. The SMILES string of the molecule is CNC(C)(C)c1cncn1-c1cnc2ccccc2c1. The number of rotatable bonds is 3. The van der Waals surface area contributed by atoms with Crippen molar-refractivity contribution < 1.29 is 0 Å². The van der Waals surface area contributed by atoms with Crippen molar-refractivity contribution in [3.8, 4) is 5.69 Å². The van der Waals surface area contributed by atoms with E-state index in [2.05, 4.69) is 45.8 Å². The number of hydrogen-bond donors (Lipinski definition) is 1. The Morgan fingerprint density at radius 1 is 1.15 bits per heavy atom. The maximum absolute atomic E-state index is 4.52. The molecule has 0 fully saturated rings. The summed E-state index contributed by atoms with van der Waals surface area (Å²) in [5.74, 6) is 0. The van der Waals surface area contributed by atoms with Gasteiger partial charge in [-0.2, -0.15) is 0 Å². The maximum atomic E-state index is 4.52. The largest absolute Gasteiger partial charge is 0.310 e. The number of aromatic nitrogens is 3. The number of nitrogens with one attached hydrogen (secondary N) is 1. The van der Waals surface area contributed by atoms with E-state index in [-0.39, 0.29) is 5.54 Å². The van der Waals surface area contributed by atoms with E-state index in [0.717, 1.165) is 22.3 Å². The van der Waals surface area contributed by atoms with Gasteiger partial charge in [-0.3, -0.25) is 9.55 Å². The van der Waals surface area contributed by atoms with E-state index in [9.17, 15) is 0 Å². The summed E-state index contributed by atoms with van der Waals surface area (Å²) in [5.41, 5.74) is 2.99. The first-order valence-electron chi connectivity index (χ1n) is 6.69. The molecule has 3 aromatic rings. The highest BCUT2D eigenvalue weighted by Crippen LogP contribution is 2.23. The van der Waals surface area contributed by atoms with E-state index in [1.807, 2.05) is 44.0 Å². The Bertz CT molecular complexity index is 743. The molecule has 20 heavy (non-hydrogen) atoms. The highest BCUT2D eigenvalue weighted by molar-refractivity contribution is 5.80. The van der Waals surface area contributed by atoms with Crippen LogP contribution in [0.2, 0.25) is 0 Å². The number of pyridine rings is 1. The molecule has 0 aliphatic rings. The van der Waals surface area contributed by atoms with Crippen LogP contribution >= 0.6 is 0 Å². The van der Waals surface area contributed by atoms with Crippen molar-refractivity contribution >= 4 is 10.9 Å². The Balaban J connectivity index is 2.14. The van der Waals surface area contributed by atoms with Gasteiger partial charge < -0.3 is 5.32 Å². The lowest BCUT2D eigenvalue weighted by Gasteiger charge is -2.25. The second kappa shape index (κ2) is 4.72. The molecule has 0 amide bonds. The third-order valence-electron chi connectivity index (χ3n) is 3.76. The summed E-state index contributed by atoms with van der Waals surface area (Å²) in [6, 6.07) is 10.3. The molecule has 2 heterocycles. The number of hydrogen-bond acceptors (Lipinski definition) is 3. The molecule has 4 heteroatoms. The highest BCUT2D eigenvalue weighted by atomic mass is 15.1. The molecule has 4 nitrogen and oxygen atoms in total. The normalized spacial score (nSPS) is 11.9. The van der Waals surface area contributed by atoms with Crippen molar-refractivity contribution in [1.29, 1.82) is 0 Å². The van der Waals surface area contributed by atoms with E-state index in [0.29, 0.717) is 0 Å². The van der Waals surface area contributed by atoms with Gasteiger partial charge in [-0.05, 0) is 33.0 Å². The van der Waals surface area contributed by atoms with E-state index < -0.39 is 0 Å². The average Bonchev–Trinajstić information content (AvgIpc) is 2.97. The predicted octanol–water partition coefficient (Wildman–Crippen LogP) is 2.88. The minimum atomic E-state index is -0.151. The van der Waals surface area contributed by atoms with Gasteiger partial charge in [-0.1, -0.05) is 18.2 Å². The molecule has 0 aliphatic heterocycles.